The Hall–Kier alpha value is -3.00. The molecule has 0 radical (unpaired) electrons. The number of rotatable bonds is 4. The first-order valence-electron chi connectivity index (χ1n) is 7.85. The molecule has 1 amide bonds. The predicted octanol–water partition coefficient (Wildman–Crippen LogP) is 2.61. The third-order valence-corrected chi connectivity index (χ3v) is 4.80. The number of aromatic nitrogens is 5. The van der Waals surface area contributed by atoms with Gasteiger partial charge < -0.3 is 5.32 Å². The zero-order valence-electron chi connectivity index (χ0n) is 13.8. The van der Waals surface area contributed by atoms with Crippen LogP contribution in [0.15, 0.2) is 42.4 Å². The maximum atomic E-state index is 11.9. The second-order valence-electron chi connectivity index (χ2n) is 5.63. The van der Waals surface area contributed by atoms with Gasteiger partial charge in [0, 0.05) is 48.9 Å². The lowest BCUT2D eigenvalue weighted by Crippen LogP contribution is -2.21. The zero-order chi connectivity index (χ0) is 17.4. The molecule has 0 atom stereocenters. The molecular weight excluding hydrogens is 336 g/mol. The molecule has 0 aliphatic rings. The van der Waals surface area contributed by atoms with Gasteiger partial charge in [-0.2, -0.15) is 10.2 Å². The Morgan fingerprint density at radius 1 is 1.16 bits per heavy atom. The molecule has 0 bridgehead atoms. The Kier molecular flexibility index (Phi) is 3.81. The van der Waals surface area contributed by atoms with E-state index in [2.05, 4.69) is 20.5 Å². The number of nitrogens with zero attached hydrogens (tertiary/aromatic N) is 5. The Labute approximate surface area is 147 Å². The minimum Gasteiger partial charge on any atom is -0.352 e. The lowest BCUT2D eigenvalue weighted by molar-refractivity contribution is 0.0960. The van der Waals surface area contributed by atoms with Crippen LogP contribution >= 0.6 is 11.3 Å². The average Bonchev–Trinajstić information content (AvgIpc) is 3.33. The molecule has 0 unspecified atom stereocenters. The highest BCUT2D eigenvalue weighted by Crippen LogP contribution is 2.29. The summed E-state index contributed by atoms with van der Waals surface area (Å²) in [7, 11) is 1.88. The maximum Gasteiger partial charge on any atom is 0.261 e. The highest BCUT2D eigenvalue weighted by Gasteiger charge is 2.14. The van der Waals surface area contributed by atoms with Crippen LogP contribution in [0.4, 0.5) is 0 Å². The zero-order valence-corrected chi connectivity index (χ0v) is 14.6. The molecule has 7 nitrogen and oxygen atoms in total. The van der Waals surface area contributed by atoms with E-state index in [-0.39, 0.29) is 5.91 Å². The Bertz CT molecular complexity index is 1060. The van der Waals surface area contributed by atoms with Crippen molar-refractivity contribution in [2.45, 2.75) is 6.92 Å². The van der Waals surface area contributed by atoms with Crippen molar-refractivity contribution in [1.82, 2.24) is 29.7 Å². The van der Waals surface area contributed by atoms with Crippen molar-refractivity contribution in [3.8, 4) is 22.3 Å². The van der Waals surface area contributed by atoms with E-state index < -0.39 is 0 Å². The van der Waals surface area contributed by atoms with Crippen molar-refractivity contribution in [3.05, 3.63) is 47.3 Å². The topological polar surface area (TPSA) is 77.1 Å². The van der Waals surface area contributed by atoms with Gasteiger partial charge in [0.05, 0.1) is 17.3 Å². The molecule has 4 rings (SSSR count). The second-order valence-corrected chi connectivity index (χ2v) is 6.54. The van der Waals surface area contributed by atoms with Crippen LogP contribution in [0.1, 0.15) is 16.6 Å². The number of aryl methyl sites for hydroxylation is 1. The molecule has 0 fully saturated rings. The molecule has 4 aromatic heterocycles. The Balaban J connectivity index is 1.71. The van der Waals surface area contributed by atoms with Gasteiger partial charge in [-0.25, -0.2) is 9.50 Å². The predicted molar refractivity (Wildman–Crippen MR) is 96.5 cm³/mol. The monoisotopic (exact) mass is 352 g/mol. The summed E-state index contributed by atoms with van der Waals surface area (Å²) in [4.78, 5) is 17.2. The van der Waals surface area contributed by atoms with Gasteiger partial charge in [0.25, 0.3) is 5.91 Å². The maximum absolute atomic E-state index is 11.9. The van der Waals surface area contributed by atoms with Crippen LogP contribution in [0.25, 0.3) is 27.9 Å². The van der Waals surface area contributed by atoms with Crippen molar-refractivity contribution in [1.29, 1.82) is 0 Å². The largest absolute Gasteiger partial charge is 0.352 e. The normalized spacial score (nSPS) is 11.1. The van der Waals surface area contributed by atoms with E-state index >= 15 is 0 Å². The van der Waals surface area contributed by atoms with Crippen molar-refractivity contribution in [3.63, 3.8) is 0 Å². The van der Waals surface area contributed by atoms with Gasteiger partial charge in [0.1, 0.15) is 0 Å². The third kappa shape index (κ3) is 2.80. The fraction of sp³-hybridized carbons (Fsp3) is 0.176. The summed E-state index contributed by atoms with van der Waals surface area (Å²) in [5.41, 5.74) is 4.55. The van der Waals surface area contributed by atoms with Crippen molar-refractivity contribution < 1.29 is 4.79 Å². The van der Waals surface area contributed by atoms with E-state index in [1.807, 2.05) is 44.0 Å². The Morgan fingerprint density at radius 3 is 2.76 bits per heavy atom. The van der Waals surface area contributed by atoms with Crippen molar-refractivity contribution >= 4 is 22.9 Å². The van der Waals surface area contributed by atoms with E-state index in [0.29, 0.717) is 11.4 Å². The SMILES string of the molecule is CCNC(=O)c1cc(-c2cnn3cc(-c4cnn(C)c4)cnc23)cs1. The molecule has 1 N–H and O–H groups in total. The van der Waals surface area contributed by atoms with Crippen LogP contribution in [0, 0.1) is 0 Å². The lowest BCUT2D eigenvalue weighted by atomic mass is 10.1. The van der Waals surface area contributed by atoms with E-state index in [4.69, 9.17) is 0 Å². The fourth-order valence-electron chi connectivity index (χ4n) is 2.64. The highest BCUT2D eigenvalue weighted by atomic mass is 32.1. The number of amides is 1. The standard InChI is InChI=1S/C17H16N6OS/c1-3-18-17(24)15-4-11(10-25-15)14-7-21-23-9-12(5-19-16(14)23)13-6-20-22(2)8-13/h4-10H,3H2,1-2H3,(H,18,24). The number of nitrogens with one attached hydrogen (secondary N) is 1. The summed E-state index contributed by atoms with van der Waals surface area (Å²) in [5.74, 6) is -0.0537. The molecular formula is C17H16N6OS. The van der Waals surface area contributed by atoms with Gasteiger partial charge in [0.2, 0.25) is 0 Å². The number of carbonyl (C=O) groups excluding carboxylic acids is 1. The second kappa shape index (κ2) is 6.14. The molecule has 0 aliphatic heterocycles. The molecule has 8 heteroatoms. The van der Waals surface area contributed by atoms with Crippen LogP contribution in [-0.2, 0) is 7.05 Å². The third-order valence-electron chi connectivity index (χ3n) is 3.87. The Morgan fingerprint density at radius 2 is 2.00 bits per heavy atom. The number of fused-ring (bicyclic) bond motifs is 1. The molecule has 0 saturated heterocycles. The van der Waals surface area contributed by atoms with E-state index in [1.54, 1.807) is 21.6 Å². The van der Waals surface area contributed by atoms with Gasteiger partial charge in [-0.15, -0.1) is 11.3 Å². The smallest absolute Gasteiger partial charge is 0.261 e. The van der Waals surface area contributed by atoms with Gasteiger partial charge >= 0.3 is 0 Å². The average molecular weight is 352 g/mol. The fourth-order valence-corrected chi connectivity index (χ4v) is 3.47. The summed E-state index contributed by atoms with van der Waals surface area (Å²) < 4.78 is 3.50. The van der Waals surface area contributed by atoms with Crippen LogP contribution in [0.3, 0.4) is 0 Å². The van der Waals surface area contributed by atoms with Crippen molar-refractivity contribution in [2.24, 2.45) is 7.05 Å². The molecule has 4 aromatic rings. The summed E-state index contributed by atoms with van der Waals surface area (Å²) in [6.07, 6.45) is 9.25. The summed E-state index contributed by atoms with van der Waals surface area (Å²) in [6.45, 7) is 2.52. The molecule has 0 saturated carbocycles. The van der Waals surface area contributed by atoms with Crippen LogP contribution in [0.5, 0.6) is 0 Å². The number of thiophene rings is 1. The van der Waals surface area contributed by atoms with Crippen LogP contribution in [0.2, 0.25) is 0 Å². The van der Waals surface area contributed by atoms with E-state index in [0.717, 1.165) is 27.9 Å². The first-order chi connectivity index (χ1) is 12.2. The first kappa shape index (κ1) is 15.5. The first-order valence-corrected chi connectivity index (χ1v) is 8.73. The minimum absolute atomic E-state index is 0.0537. The quantitative estimate of drug-likeness (QED) is 0.612. The minimum atomic E-state index is -0.0537. The van der Waals surface area contributed by atoms with Crippen molar-refractivity contribution in [2.75, 3.05) is 6.54 Å². The van der Waals surface area contributed by atoms with Crippen LogP contribution in [-0.4, -0.2) is 36.8 Å². The summed E-state index contributed by atoms with van der Waals surface area (Å²) in [6, 6.07) is 1.88. The van der Waals surface area contributed by atoms with E-state index in [1.165, 1.54) is 11.3 Å². The van der Waals surface area contributed by atoms with Crippen LogP contribution < -0.4 is 5.32 Å². The van der Waals surface area contributed by atoms with E-state index in [9.17, 15) is 4.79 Å². The lowest BCUT2D eigenvalue weighted by Gasteiger charge is -2.00. The molecule has 0 aromatic carbocycles. The summed E-state index contributed by atoms with van der Waals surface area (Å²) >= 11 is 1.42. The molecule has 0 aliphatic carbocycles. The number of carbonyl (C=O) groups is 1. The molecule has 25 heavy (non-hydrogen) atoms. The van der Waals surface area contributed by atoms with Gasteiger partial charge in [-0.3, -0.25) is 9.48 Å². The summed E-state index contributed by atoms with van der Waals surface area (Å²) in [5, 5.41) is 13.4. The van der Waals surface area contributed by atoms with Gasteiger partial charge in [0.15, 0.2) is 5.65 Å². The van der Waals surface area contributed by atoms with Gasteiger partial charge in [-0.05, 0) is 23.9 Å². The van der Waals surface area contributed by atoms with Gasteiger partial charge in [-0.1, -0.05) is 0 Å². The highest BCUT2D eigenvalue weighted by molar-refractivity contribution is 7.12. The number of hydrogen-bond acceptors (Lipinski definition) is 5. The molecule has 0 spiro atoms. The number of hydrogen-bond donors (Lipinski definition) is 1. The molecule has 126 valence electrons. The molecule has 4 heterocycles.